The first-order valence-electron chi connectivity index (χ1n) is 6.44. The molecule has 1 aromatic heterocycles. The summed E-state index contributed by atoms with van der Waals surface area (Å²) in [6.45, 7) is 4.80. The highest BCUT2D eigenvalue weighted by Crippen LogP contribution is 2.26. The van der Waals surface area contributed by atoms with Crippen LogP contribution in [-0.4, -0.2) is 44.6 Å². The number of aryl methyl sites for hydroxylation is 1. The van der Waals surface area contributed by atoms with Gasteiger partial charge in [-0.15, -0.1) is 11.3 Å². The van der Waals surface area contributed by atoms with Crippen molar-refractivity contribution in [3.8, 4) is 0 Å². The molecule has 0 aromatic carbocycles. The SMILES string of the molecule is Cc1csc(CO)c1S(=O)(=O)NCCN1CCCC1. The molecule has 2 heterocycles. The summed E-state index contributed by atoms with van der Waals surface area (Å²) < 4.78 is 27.1. The van der Waals surface area contributed by atoms with E-state index in [1.54, 1.807) is 12.3 Å². The summed E-state index contributed by atoms with van der Waals surface area (Å²) in [6, 6.07) is 0. The van der Waals surface area contributed by atoms with Crippen LogP contribution in [0.5, 0.6) is 0 Å². The molecule has 1 aromatic rings. The molecule has 0 atom stereocenters. The van der Waals surface area contributed by atoms with Crippen molar-refractivity contribution in [3.63, 3.8) is 0 Å². The maximum absolute atomic E-state index is 12.2. The maximum Gasteiger partial charge on any atom is 0.242 e. The number of aliphatic hydroxyl groups excluding tert-OH is 1. The Morgan fingerprint density at radius 1 is 1.42 bits per heavy atom. The van der Waals surface area contributed by atoms with Crippen molar-refractivity contribution in [1.29, 1.82) is 0 Å². The fourth-order valence-electron chi connectivity index (χ4n) is 2.37. The minimum atomic E-state index is -3.51. The van der Waals surface area contributed by atoms with Gasteiger partial charge in [0.1, 0.15) is 4.90 Å². The van der Waals surface area contributed by atoms with Crippen molar-refractivity contribution in [2.45, 2.75) is 31.3 Å². The van der Waals surface area contributed by atoms with Crippen molar-refractivity contribution in [2.24, 2.45) is 0 Å². The first-order valence-corrected chi connectivity index (χ1v) is 8.80. The molecule has 5 nitrogen and oxygen atoms in total. The third-order valence-electron chi connectivity index (χ3n) is 3.32. The molecule has 0 spiro atoms. The van der Waals surface area contributed by atoms with E-state index in [9.17, 15) is 13.5 Å². The predicted octanol–water partition coefficient (Wildman–Crippen LogP) is 0.923. The average molecular weight is 304 g/mol. The number of nitrogens with one attached hydrogen (secondary N) is 1. The minimum absolute atomic E-state index is 0.235. The zero-order chi connectivity index (χ0) is 13.9. The number of hydrogen-bond donors (Lipinski definition) is 2. The smallest absolute Gasteiger partial charge is 0.242 e. The first-order chi connectivity index (χ1) is 9.04. The van der Waals surface area contributed by atoms with Gasteiger partial charge in [0.25, 0.3) is 0 Å². The molecule has 1 saturated heterocycles. The van der Waals surface area contributed by atoms with E-state index in [0.29, 0.717) is 17.0 Å². The van der Waals surface area contributed by atoms with E-state index in [2.05, 4.69) is 9.62 Å². The third kappa shape index (κ3) is 3.55. The molecule has 19 heavy (non-hydrogen) atoms. The standard InChI is InChI=1S/C12H20N2O3S2/c1-10-9-18-11(8-15)12(10)19(16,17)13-4-7-14-5-2-3-6-14/h9,13,15H,2-8H2,1H3. The molecule has 7 heteroatoms. The van der Waals surface area contributed by atoms with Crippen LogP contribution >= 0.6 is 11.3 Å². The van der Waals surface area contributed by atoms with Crippen LogP contribution in [0.1, 0.15) is 23.3 Å². The molecule has 0 saturated carbocycles. The van der Waals surface area contributed by atoms with Gasteiger partial charge in [0.05, 0.1) is 11.5 Å². The predicted molar refractivity (Wildman–Crippen MR) is 75.8 cm³/mol. The van der Waals surface area contributed by atoms with Gasteiger partial charge in [0.2, 0.25) is 10.0 Å². The Morgan fingerprint density at radius 3 is 2.74 bits per heavy atom. The average Bonchev–Trinajstić information content (AvgIpc) is 2.98. The Hall–Kier alpha value is -0.470. The van der Waals surface area contributed by atoms with Crippen LogP contribution in [0.2, 0.25) is 0 Å². The molecular formula is C12H20N2O3S2. The molecule has 0 radical (unpaired) electrons. The van der Waals surface area contributed by atoms with Crippen LogP contribution < -0.4 is 4.72 Å². The van der Waals surface area contributed by atoms with Crippen molar-refractivity contribution < 1.29 is 13.5 Å². The van der Waals surface area contributed by atoms with Crippen molar-refractivity contribution in [1.82, 2.24) is 9.62 Å². The molecule has 0 amide bonds. The van der Waals surface area contributed by atoms with E-state index < -0.39 is 10.0 Å². The zero-order valence-electron chi connectivity index (χ0n) is 11.1. The van der Waals surface area contributed by atoms with E-state index >= 15 is 0 Å². The van der Waals surface area contributed by atoms with Gasteiger partial charge in [-0.2, -0.15) is 0 Å². The minimum Gasteiger partial charge on any atom is -0.391 e. The molecule has 2 rings (SSSR count). The van der Waals surface area contributed by atoms with Crippen molar-refractivity contribution >= 4 is 21.4 Å². The lowest BCUT2D eigenvalue weighted by atomic mass is 10.3. The molecule has 0 aliphatic carbocycles. The van der Waals surface area contributed by atoms with Gasteiger partial charge >= 0.3 is 0 Å². The van der Waals surface area contributed by atoms with Gasteiger partial charge in [-0.1, -0.05) is 0 Å². The Morgan fingerprint density at radius 2 is 2.11 bits per heavy atom. The summed E-state index contributed by atoms with van der Waals surface area (Å²) in [5, 5.41) is 11.0. The van der Waals surface area contributed by atoms with Gasteiger partial charge in [-0.25, -0.2) is 13.1 Å². The molecule has 1 aliphatic heterocycles. The Balaban J connectivity index is 1.99. The summed E-state index contributed by atoms with van der Waals surface area (Å²) in [6.07, 6.45) is 2.40. The fourth-order valence-corrected chi connectivity index (χ4v) is 5.05. The van der Waals surface area contributed by atoms with Crippen LogP contribution in [0, 0.1) is 6.92 Å². The number of likely N-dealkylation sites (tertiary alicyclic amines) is 1. The van der Waals surface area contributed by atoms with Crippen LogP contribution in [0.25, 0.3) is 0 Å². The fraction of sp³-hybridized carbons (Fsp3) is 0.667. The van der Waals surface area contributed by atoms with E-state index in [1.165, 1.54) is 24.2 Å². The molecule has 1 fully saturated rings. The van der Waals surface area contributed by atoms with E-state index in [-0.39, 0.29) is 11.5 Å². The van der Waals surface area contributed by atoms with Gasteiger partial charge in [-0.05, 0) is 43.8 Å². The lowest BCUT2D eigenvalue weighted by Crippen LogP contribution is -2.33. The van der Waals surface area contributed by atoms with Crippen molar-refractivity contribution in [3.05, 3.63) is 15.8 Å². The highest BCUT2D eigenvalue weighted by Gasteiger charge is 2.22. The number of rotatable bonds is 6. The van der Waals surface area contributed by atoms with Gasteiger partial charge < -0.3 is 10.0 Å². The summed E-state index contributed by atoms with van der Waals surface area (Å²) >= 11 is 1.28. The maximum atomic E-state index is 12.2. The largest absolute Gasteiger partial charge is 0.391 e. The van der Waals surface area contributed by atoms with Gasteiger partial charge in [0, 0.05) is 13.1 Å². The zero-order valence-corrected chi connectivity index (χ0v) is 12.7. The second kappa shape index (κ2) is 6.32. The van der Waals surface area contributed by atoms with E-state index in [0.717, 1.165) is 19.6 Å². The molecule has 2 N–H and O–H groups in total. The molecular weight excluding hydrogens is 284 g/mol. The molecule has 1 aliphatic rings. The summed E-state index contributed by atoms with van der Waals surface area (Å²) in [5.41, 5.74) is 0.697. The normalized spacial score (nSPS) is 17.2. The first kappa shape index (κ1) is 14.9. The quantitative estimate of drug-likeness (QED) is 0.820. The number of sulfonamides is 1. The van der Waals surface area contributed by atoms with Crippen LogP contribution in [-0.2, 0) is 16.6 Å². The second-order valence-corrected chi connectivity index (χ2v) is 7.44. The van der Waals surface area contributed by atoms with Crippen molar-refractivity contribution in [2.75, 3.05) is 26.2 Å². The van der Waals surface area contributed by atoms with Crippen LogP contribution in [0.15, 0.2) is 10.3 Å². The Labute approximate surface area is 118 Å². The highest BCUT2D eigenvalue weighted by molar-refractivity contribution is 7.89. The number of nitrogens with zero attached hydrogens (tertiary/aromatic N) is 1. The Bertz CT molecular complexity index is 519. The molecule has 108 valence electrons. The summed E-state index contributed by atoms with van der Waals surface area (Å²) in [4.78, 5) is 3.02. The number of aliphatic hydroxyl groups is 1. The van der Waals surface area contributed by atoms with Crippen LogP contribution in [0.3, 0.4) is 0 Å². The summed E-state index contributed by atoms with van der Waals surface area (Å²) in [7, 11) is -3.51. The highest BCUT2D eigenvalue weighted by atomic mass is 32.2. The van der Waals surface area contributed by atoms with E-state index in [1.807, 2.05) is 0 Å². The van der Waals surface area contributed by atoms with Gasteiger partial charge in [0.15, 0.2) is 0 Å². The van der Waals surface area contributed by atoms with Crippen LogP contribution in [0.4, 0.5) is 0 Å². The van der Waals surface area contributed by atoms with E-state index in [4.69, 9.17) is 0 Å². The molecule has 0 bridgehead atoms. The third-order valence-corrected chi connectivity index (χ3v) is 6.23. The lowest BCUT2D eigenvalue weighted by Gasteiger charge is -2.15. The Kier molecular flexibility index (Phi) is 4.97. The topological polar surface area (TPSA) is 69.6 Å². The van der Waals surface area contributed by atoms with Gasteiger partial charge in [-0.3, -0.25) is 0 Å². The summed E-state index contributed by atoms with van der Waals surface area (Å²) in [5.74, 6) is 0. The second-order valence-electron chi connectivity index (χ2n) is 4.78. The number of hydrogen-bond acceptors (Lipinski definition) is 5. The monoisotopic (exact) mass is 304 g/mol. The number of thiophene rings is 1. The lowest BCUT2D eigenvalue weighted by molar-refractivity contribution is 0.282. The molecule has 0 unspecified atom stereocenters.